The molecule has 0 saturated heterocycles. The Bertz CT molecular complexity index is 1450. The molecule has 0 aliphatic rings. The third kappa shape index (κ3) is 54.3. The highest BCUT2D eigenvalue weighted by atomic mass is 16.5. The Hall–Kier alpha value is -2.94. The molecule has 0 heterocycles. The number of carbonyl (C=O) groups is 4. The van der Waals surface area contributed by atoms with Gasteiger partial charge in [-0.15, -0.1) is 0 Å². The molecule has 0 spiro atoms. The van der Waals surface area contributed by atoms with Gasteiger partial charge in [0.2, 0.25) is 11.8 Å². The number of ether oxygens (including phenoxy) is 2. The van der Waals surface area contributed by atoms with Crippen LogP contribution in [0.2, 0.25) is 0 Å². The van der Waals surface area contributed by atoms with Gasteiger partial charge < -0.3 is 24.6 Å². The molecule has 0 fully saturated rings. The molecular formula is C71H133N3O6. The Kier molecular flexibility index (Phi) is 59.8. The first-order chi connectivity index (χ1) is 39.2. The van der Waals surface area contributed by atoms with E-state index >= 15 is 0 Å². The third-order valence-electron chi connectivity index (χ3n) is 15.8. The highest BCUT2D eigenvalue weighted by molar-refractivity contribution is 5.87. The molecule has 0 bridgehead atoms. The second-order valence-corrected chi connectivity index (χ2v) is 24.0. The van der Waals surface area contributed by atoms with Crippen molar-refractivity contribution in [1.82, 2.24) is 15.1 Å². The quantitative estimate of drug-likeness (QED) is 0.0367. The molecular weight excluding hydrogens is 991 g/mol. The molecule has 468 valence electrons. The summed E-state index contributed by atoms with van der Waals surface area (Å²) in [6.07, 6.45) is 66.5. The first-order valence-electron chi connectivity index (χ1n) is 34.7. The number of allylic oxidation sites excluding steroid dienone is 6. The molecule has 1 atom stereocenters. The maximum absolute atomic E-state index is 14.3. The topological polar surface area (TPSA) is 105 Å². The zero-order valence-electron chi connectivity index (χ0n) is 53.9. The summed E-state index contributed by atoms with van der Waals surface area (Å²) < 4.78 is 11.8. The van der Waals surface area contributed by atoms with Crippen molar-refractivity contribution in [3.8, 4) is 0 Å². The summed E-state index contributed by atoms with van der Waals surface area (Å²) in [5.41, 5.74) is 0. The summed E-state index contributed by atoms with van der Waals surface area (Å²) in [5, 5.41) is 3.25. The zero-order chi connectivity index (χ0) is 58.5. The van der Waals surface area contributed by atoms with Gasteiger partial charge in [-0.3, -0.25) is 19.2 Å². The van der Waals surface area contributed by atoms with Crippen molar-refractivity contribution in [1.29, 1.82) is 0 Å². The summed E-state index contributed by atoms with van der Waals surface area (Å²) >= 11 is 0. The van der Waals surface area contributed by atoms with Gasteiger partial charge in [-0.25, -0.2) is 0 Å². The number of hydrogen-bond donors (Lipinski definition) is 1. The Morgan fingerprint density at radius 3 is 1.34 bits per heavy atom. The molecule has 0 aliphatic heterocycles. The van der Waals surface area contributed by atoms with Crippen LogP contribution in [0.5, 0.6) is 0 Å². The molecule has 0 aromatic heterocycles. The molecule has 80 heavy (non-hydrogen) atoms. The Labute approximate surface area is 496 Å². The molecule has 0 radical (unpaired) electrons. The van der Waals surface area contributed by atoms with Gasteiger partial charge in [-0.05, 0) is 155 Å². The summed E-state index contributed by atoms with van der Waals surface area (Å²) in [5.74, 6) is -0.338. The minimum atomic E-state index is -0.561. The number of esters is 2. The van der Waals surface area contributed by atoms with Crippen LogP contribution >= 0.6 is 0 Å². The smallest absolute Gasteiger partial charge is 0.306 e. The largest absolute Gasteiger partial charge is 0.466 e. The van der Waals surface area contributed by atoms with E-state index in [1.54, 1.807) is 0 Å². The second-order valence-electron chi connectivity index (χ2n) is 24.0. The van der Waals surface area contributed by atoms with Gasteiger partial charge in [0.1, 0.15) is 12.1 Å². The van der Waals surface area contributed by atoms with Crippen molar-refractivity contribution in [2.24, 2.45) is 0 Å². The monoisotopic (exact) mass is 1120 g/mol. The van der Waals surface area contributed by atoms with Crippen LogP contribution in [0.15, 0.2) is 36.5 Å². The van der Waals surface area contributed by atoms with E-state index < -0.39 is 6.04 Å². The Morgan fingerprint density at radius 2 is 0.800 bits per heavy atom. The SMILES string of the molecule is CCCCC/C=C\C/C=C\CCCCCCCC(=O)OCCCCCC(C(=O)NCCCCCCCC/C=C\CCCCCCCC)N(CCCN(C)C)C(=O)CCCCC(=O)OC(CCCCCCCC)CCCCCCCC. The summed E-state index contributed by atoms with van der Waals surface area (Å²) in [7, 11) is 4.08. The third-order valence-corrected chi connectivity index (χ3v) is 15.8. The van der Waals surface area contributed by atoms with Crippen LogP contribution in [0.4, 0.5) is 0 Å². The second kappa shape index (κ2) is 62.1. The van der Waals surface area contributed by atoms with E-state index in [1.165, 1.54) is 180 Å². The number of rotatable bonds is 62. The summed E-state index contributed by atoms with van der Waals surface area (Å²) in [4.78, 5) is 58.3. The lowest BCUT2D eigenvalue weighted by Gasteiger charge is -2.32. The van der Waals surface area contributed by atoms with Crippen molar-refractivity contribution in [3.63, 3.8) is 0 Å². The van der Waals surface area contributed by atoms with E-state index in [4.69, 9.17) is 9.47 Å². The predicted octanol–water partition coefficient (Wildman–Crippen LogP) is 20.2. The van der Waals surface area contributed by atoms with Gasteiger partial charge in [0.25, 0.3) is 0 Å². The van der Waals surface area contributed by atoms with Gasteiger partial charge in [0, 0.05) is 32.4 Å². The molecule has 0 aromatic carbocycles. The number of nitrogens with one attached hydrogen (secondary N) is 1. The average Bonchev–Trinajstić information content (AvgIpc) is 3.44. The average molecular weight is 1120 g/mol. The summed E-state index contributed by atoms with van der Waals surface area (Å²) in [6, 6.07) is -0.561. The molecule has 1 unspecified atom stereocenters. The van der Waals surface area contributed by atoms with E-state index in [9.17, 15) is 19.2 Å². The van der Waals surface area contributed by atoms with Gasteiger partial charge in [0.15, 0.2) is 0 Å². The van der Waals surface area contributed by atoms with Gasteiger partial charge >= 0.3 is 11.9 Å². The van der Waals surface area contributed by atoms with E-state index in [2.05, 4.69) is 74.4 Å². The fraction of sp³-hybridized carbons (Fsp3) is 0.859. The molecule has 0 aliphatic carbocycles. The van der Waals surface area contributed by atoms with Crippen LogP contribution in [0.1, 0.15) is 342 Å². The first-order valence-corrected chi connectivity index (χ1v) is 34.7. The van der Waals surface area contributed by atoms with Crippen LogP contribution in [0.3, 0.4) is 0 Å². The zero-order valence-corrected chi connectivity index (χ0v) is 53.9. The van der Waals surface area contributed by atoms with Crippen molar-refractivity contribution in [2.75, 3.05) is 40.3 Å². The molecule has 9 nitrogen and oxygen atoms in total. The lowest BCUT2D eigenvalue weighted by atomic mass is 10.0. The molecule has 0 saturated carbocycles. The van der Waals surface area contributed by atoms with Crippen molar-refractivity contribution < 1.29 is 28.7 Å². The summed E-state index contributed by atoms with van der Waals surface area (Å²) in [6.45, 7) is 11.3. The van der Waals surface area contributed by atoms with E-state index in [-0.39, 0.29) is 29.9 Å². The van der Waals surface area contributed by atoms with Crippen LogP contribution in [0.25, 0.3) is 0 Å². The molecule has 0 aromatic rings. The minimum Gasteiger partial charge on any atom is -0.466 e. The van der Waals surface area contributed by atoms with E-state index in [0.717, 1.165) is 103 Å². The first kappa shape index (κ1) is 77.1. The van der Waals surface area contributed by atoms with Crippen LogP contribution < -0.4 is 5.32 Å². The van der Waals surface area contributed by atoms with Crippen molar-refractivity contribution in [2.45, 2.75) is 354 Å². The molecule has 1 N–H and O–H groups in total. The lowest BCUT2D eigenvalue weighted by Crippen LogP contribution is -2.50. The van der Waals surface area contributed by atoms with Crippen molar-refractivity contribution in [3.05, 3.63) is 36.5 Å². The maximum Gasteiger partial charge on any atom is 0.306 e. The molecule has 2 amide bonds. The lowest BCUT2D eigenvalue weighted by molar-refractivity contribution is -0.150. The van der Waals surface area contributed by atoms with Crippen LogP contribution in [-0.4, -0.2) is 86.0 Å². The van der Waals surface area contributed by atoms with Gasteiger partial charge in [-0.2, -0.15) is 0 Å². The standard InChI is InChI=1S/C71H133N3O6/c1-7-11-15-19-23-25-27-29-31-33-35-37-39-41-45-53-62-72-71(78)67(58-49-46-54-65-79-69(76)60-50-44-40-38-36-34-32-30-28-26-24-20-16-12-8-2)74(64-55-63-73(5)6)68(75)59-51-52-61-70(77)80-66(56-47-42-21-17-13-9-3)57-48-43-22-18-14-10-4/h24,26,29-32,66-67H,7-23,25,27-28,33-65H2,1-6H3,(H,72,78)/b26-24-,31-29-,32-30-. The van der Waals surface area contributed by atoms with Gasteiger partial charge in [-0.1, -0.05) is 225 Å². The number of unbranched alkanes of at least 4 members (excludes halogenated alkanes) is 33. The highest BCUT2D eigenvalue weighted by Gasteiger charge is 2.29. The van der Waals surface area contributed by atoms with Crippen LogP contribution in [0, 0.1) is 0 Å². The fourth-order valence-electron chi connectivity index (χ4n) is 10.6. The fourth-order valence-corrected chi connectivity index (χ4v) is 10.6. The molecule has 0 rings (SSSR count). The number of hydrogen-bond acceptors (Lipinski definition) is 7. The number of carbonyl (C=O) groups excluding carboxylic acids is 4. The Morgan fingerprint density at radius 1 is 0.400 bits per heavy atom. The van der Waals surface area contributed by atoms with Crippen molar-refractivity contribution >= 4 is 23.8 Å². The Balaban J connectivity index is 5.30. The van der Waals surface area contributed by atoms with E-state index in [1.807, 2.05) is 19.0 Å². The van der Waals surface area contributed by atoms with E-state index in [0.29, 0.717) is 58.2 Å². The molecule has 9 heteroatoms. The maximum atomic E-state index is 14.3. The highest BCUT2D eigenvalue weighted by Crippen LogP contribution is 2.20. The number of nitrogens with zero attached hydrogens (tertiary/aromatic N) is 2. The minimum absolute atomic E-state index is 0.0132. The normalized spacial score (nSPS) is 12.2. The van der Waals surface area contributed by atoms with Gasteiger partial charge in [0.05, 0.1) is 6.61 Å². The predicted molar refractivity (Wildman–Crippen MR) is 344 cm³/mol. The number of amides is 2. The van der Waals surface area contributed by atoms with Crippen LogP contribution in [-0.2, 0) is 28.7 Å².